The van der Waals surface area contributed by atoms with E-state index in [4.69, 9.17) is 9.47 Å². The van der Waals surface area contributed by atoms with E-state index in [2.05, 4.69) is 15.9 Å². The van der Waals surface area contributed by atoms with Crippen LogP contribution in [0.15, 0.2) is 24.3 Å². The van der Waals surface area contributed by atoms with Crippen LogP contribution in [0.2, 0.25) is 0 Å². The largest absolute Gasteiger partial charge is 0.545 e. The molecule has 18 heavy (non-hydrogen) atoms. The van der Waals surface area contributed by atoms with Crippen LogP contribution in [0.4, 0.5) is 0 Å². The Bertz CT molecular complexity index is 450. The van der Waals surface area contributed by atoms with E-state index in [0.717, 1.165) is 0 Å². The predicted octanol–water partition coefficient (Wildman–Crippen LogP) is 0.00550. The Morgan fingerprint density at radius 2 is 2.28 bits per heavy atom. The number of rotatable bonds is 4. The van der Waals surface area contributed by atoms with Crippen LogP contribution >= 0.6 is 15.9 Å². The van der Waals surface area contributed by atoms with E-state index in [1.165, 1.54) is 6.07 Å². The van der Waals surface area contributed by atoms with E-state index in [1.807, 2.05) is 0 Å². The van der Waals surface area contributed by atoms with Crippen molar-refractivity contribution in [2.75, 3.05) is 18.5 Å². The summed E-state index contributed by atoms with van der Waals surface area (Å²) in [7, 11) is 0. The number of carbonyl (C=O) groups excluding carboxylic acids is 1. The smallest absolute Gasteiger partial charge is 0.219 e. The van der Waals surface area contributed by atoms with Gasteiger partial charge >= 0.3 is 0 Å². The van der Waals surface area contributed by atoms with Crippen LogP contribution in [0.1, 0.15) is 15.9 Å². The van der Waals surface area contributed by atoms with E-state index in [-0.39, 0.29) is 23.8 Å². The number of aliphatic hydroxyl groups is 1. The molecule has 6 heteroatoms. The molecule has 1 aromatic carbocycles. The van der Waals surface area contributed by atoms with Crippen LogP contribution in [0, 0.1) is 0 Å². The van der Waals surface area contributed by atoms with E-state index in [1.54, 1.807) is 18.2 Å². The summed E-state index contributed by atoms with van der Waals surface area (Å²) in [6.07, 6.45) is -0.230. The maximum absolute atomic E-state index is 11.1. The molecule has 1 N–H and O–H groups in total. The number of benzene rings is 1. The van der Waals surface area contributed by atoms with Gasteiger partial charge in [-0.3, -0.25) is 0 Å². The third kappa shape index (κ3) is 2.29. The zero-order valence-corrected chi connectivity index (χ0v) is 11.1. The lowest BCUT2D eigenvalue weighted by molar-refractivity contribution is -0.256. The molecule has 0 aromatic heterocycles. The third-order valence-electron chi connectivity index (χ3n) is 2.80. The second-order valence-electron chi connectivity index (χ2n) is 3.95. The predicted molar refractivity (Wildman–Crippen MR) is 64.2 cm³/mol. The number of alkyl halides is 1. The minimum Gasteiger partial charge on any atom is -0.545 e. The van der Waals surface area contributed by atoms with Gasteiger partial charge in [0.1, 0.15) is 6.61 Å². The summed E-state index contributed by atoms with van der Waals surface area (Å²) in [5, 5.41) is 21.1. The van der Waals surface area contributed by atoms with E-state index in [9.17, 15) is 15.0 Å². The summed E-state index contributed by atoms with van der Waals surface area (Å²) in [6, 6.07) is 6.19. The molecule has 0 saturated carbocycles. The van der Waals surface area contributed by atoms with Gasteiger partial charge in [-0.1, -0.05) is 40.2 Å². The molecule has 1 heterocycles. The van der Waals surface area contributed by atoms with Gasteiger partial charge in [-0.25, -0.2) is 0 Å². The van der Waals surface area contributed by atoms with Crippen LogP contribution in [0.25, 0.3) is 0 Å². The first-order valence-electron chi connectivity index (χ1n) is 5.42. The van der Waals surface area contributed by atoms with Crippen LogP contribution in [0.3, 0.4) is 0 Å². The van der Waals surface area contributed by atoms with Crippen molar-refractivity contribution in [2.45, 2.75) is 11.9 Å². The summed E-state index contributed by atoms with van der Waals surface area (Å²) in [4.78, 5) is 11.1. The summed E-state index contributed by atoms with van der Waals surface area (Å²) < 4.78 is 11.1. The van der Waals surface area contributed by atoms with Crippen molar-refractivity contribution in [1.82, 2.24) is 0 Å². The molecule has 0 aliphatic carbocycles. The van der Waals surface area contributed by atoms with E-state index >= 15 is 0 Å². The molecule has 0 bridgehead atoms. The highest BCUT2D eigenvalue weighted by atomic mass is 79.9. The number of ether oxygens (including phenoxy) is 2. The second-order valence-corrected chi connectivity index (χ2v) is 4.60. The normalized spacial score (nSPS) is 27.3. The fraction of sp³-hybridized carbons (Fsp3) is 0.417. The molecule has 98 valence electrons. The van der Waals surface area contributed by atoms with Crippen molar-refractivity contribution in [3.8, 4) is 0 Å². The molecule has 1 aromatic rings. The van der Waals surface area contributed by atoms with Gasteiger partial charge in [0.15, 0.2) is 0 Å². The highest BCUT2D eigenvalue weighted by Gasteiger charge is 2.43. The molecule has 0 spiro atoms. The van der Waals surface area contributed by atoms with Gasteiger partial charge in [-0.15, -0.1) is 0 Å². The maximum Gasteiger partial charge on any atom is 0.219 e. The van der Waals surface area contributed by atoms with Crippen molar-refractivity contribution in [3.63, 3.8) is 0 Å². The number of hydrogen-bond donors (Lipinski definition) is 1. The average molecular weight is 316 g/mol. The molecule has 0 radical (unpaired) electrons. The number of hydrogen-bond acceptors (Lipinski definition) is 5. The molecular weight excluding hydrogens is 304 g/mol. The molecule has 0 amide bonds. The van der Waals surface area contributed by atoms with Crippen LogP contribution in [0.5, 0.6) is 0 Å². The number of aromatic carboxylic acids is 1. The zero-order valence-electron chi connectivity index (χ0n) is 9.47. The lowest BCUT2D eigenvalue weighted by Crippen LogP contribution is -2.36. The van der Waals surface area contributed by atoms with Crippen molar-refractivity contribution in [3.05, 3.63) is 35.4 Å². The van der Waals surface area contributed by atoms with Crippen LogP contribution < -0.4 is 5.11 Å². The summed E-state index contributed by atoms with van der Waals surface area (Å²) >= 11 is 3.26. The van der Waals surface area contributed by atoms with Crippen LogP contribution in [-0.4, -0.2) is 35.7 Å². The summed E-state index contributed by atoms with van der Waals surface area (Å²) in [5.41, 5.74) is 0.234. The van der Waals surface area contributed by atoms with Gasteiger partial charge in [0, 0.05) is 16.5 Å². The third-order valence-corrected chi connectivity index (χ3v) is 3.52. The molecular formula is C12H12BrO5-. The van der Waals surface area contributed by atoms with E-state index in [0.29, 0.717) is 5.33 Å². The minimum atomic E-state index is -1.42. The Labute approximate surface area is 112 Å². The number of carboxylic acid groups (broad SMARTS) is 1. The zero-order chi connectivity index (χ0) is 13.2. The Hall–Kier alpha value is -0.950. The molecule has 5 nitrogen and oxygen atoms in total. The van der Waals surface area contributed by atoms with Gasteiger partial charge in [0.05, 0.1) is 18.7 Å². The standard InChI is InChI=1S/C12H13BrO5/c13-5-8-6-17-12(7-14,18-8)10-4-2-1-3-9(10)11(15)16/h1-4,8,14H,5-7H2,(H,15,16)/p-1/t8-,12+/m1/s1. The Morgan fingerprint density at radius 1 is 1.56 bits per heavy atom. The lowest BCUT2D eigenvalue weighted by Gasteiger charge is -2.28. The average Bonchev–Trinajstić information content (AvgIpc) is 2.83. The van der Waals surface area contributed by atoms with Crippen LogP contribution in [-0.2, 0) is 15.3 Å². The lowest BCUT2D eigenvalue weighted by atomic mass is 10.00. The fourth-order valence-corrected chi connectivity index (χ4v) is 2.26. The molecule has 1 saturated heterocycles. The van der Waals surface area contributed by atoms with E-state index < -0.39 is 18.4 Å². The highest BCUT2D eigenvalue weighted by Crippen LogP contribution is 2.36. The van der Waals surface area contributed by atoms with Gasteiger partial charge in [0.2, 0.25) is 5.79 Å². The SMILES string of the molecule is O=C([O-])c1ccccc1[C@@]1(CO)OC[C@@H](CBr)O1. The monoisotopic (exact) mass is 315 g/mol. The number of aliphatic hydroxyl groups excluding tert-OH is 1. The maximum atomic E-state index is 11.1. The molecule has 1 fully saturated rings. The fourth-order valence-electron chi connectivity index (χ4n) is 1.94. The number of carbonyl (C=O) groups is 1. The number of halogens is 1. The Kier molecular flexibility index (Phi) is 4.01. The highest BCUT2D eigenvalue weighted by molar-refractivity contribution is 9.09. The van der Waals surface area contributed by atoms with Crippen molar-refractivity contribution < 1.29 is 24.5 Å². The summed E-state index contributed by atoms with van der Waals surface area (Å²) in [5.74, 6) is -2.75. The van der Waals surface area contributed by atoms with Crippen molar-refractivity contribution in [1.29, 1.82) is 0 Å². The Morgan fingerprint density at radius 3 is 2.83 bits per heavy atom. The molecule has 2 atom stereocenters. The van der Waals surface area contributed by atoms with Gasteiger partial charge in [-0.05, 0) is 0 Å². The second kappa shape index (κ2) is 5.36. The summed E-state index contributed by atoms with van der Waals surface area (Å²) in [6.45, 7) is -0.173. The molecule has 0 unspecified atom stereocenters. The van der Waals surface area contributed by atoms with Crippen molar-refractivity contribution in [2.24, 2.45) is 0 Å². The van der Waals surface area contributed by atoms with Gasteiger partial charge in [0.25, 0.3) is 0 Å². The molecule has 1 aliphatic rings. The van der Waals surface area contributed by atoms with Crippen molar-refractivity contribution >= 4 is 21.9 Å². The first-order valence-corrected chi connectivity index (χ1v) is 6.54. The molecule has 1 aliphatic heterocycles. The quantitative estimate of drug-likeness (QED) is 0.792. The molecule has 2 rings (SSSR count). The van der Waals surface area contributed by atoms with Gasteiger partial charge < -0.3 is 24.5 Å². The topological polar surface area (TPSA) is 78.8 Å². The first kappa shape index (κ1) is 13.5. The van der Waals surface area contributed by atoms with Gasteiger partial charge in [-0.2, -0.15) is 0 Å². The Balaban J connectivity index is 2.42. The number of carboxylic acids is 1. The minimum absolute atomic E-state index is 0.0400. The first-order chi connectivity index (χ1) is 8.63.